The van der Waals surface area contributed by atoms with E-state index in [0.29, 0.717) is 6.42 Å². The van der Waals surface area contributed by atoms with Crippen LogP contribution in [-0.2, 0) is 10.0 Å². The number of nitrogens with one attached hydrogen (secondary N) is 1. The summed E-state index contributed by atoms with van der Waals surface area (Å²) in [7, 11) is -3.13. The molecular weight excluding hydrogens is 322 g/mol. The number of aryl methyl sites for hydroxylation is 1. The number of fused-ring (bicyclic) bond motifs is 1. The number of piperidine rings is 1. The molecule has 9 heteroatoms. The van der Waals surface area contributed by atoms with Gasteiger partial charge < -0.3 is 4.90 Å². The second-order valence-corrected chi connectivity index (χ2v) is 8.50. The molecule has 0 unspecified atom stereocenters. The standard InChI is InChI=1S/C13H21N5O2S2/c1-3-8-22(19,20)16-11-4-6-17(7-5-11)13-15-18-9-10(2)14-12(18)21-13/h9,11,16H,3-8H2,1-2H3. The van der Waals surface area contributed by atoms with Crippen molar-refractivity contribution in [1.82, 2.24) is 19.3 Å². The third kappa shape index (κ3) is 3.41. The Morgan fingerprint density at radius 3 is 2.77 bits per heavy atom. The molecule has 7 nitrogen and oxygen atoms in total. The molecule has 2 aromatic heterocycles. The van der Waals surface area contributed by atoms with Gasteiger partial charge in [-0.3, -0.25) is 0 Å². The Balaban J connectivity index is 1.60. The summed E-state index contributed by atoms with van der Waals surface area (Å²) in [4.78, 5) is 7.52. The summed E-state index contributed by atoms with van der Waals surface area (Å²) in [6, 6.07) is 0.0408. The van der Waals surface area contributed by atoms with E-state index in [4.69, 9.17) is 0 Å². The third-order valence-corrected chi connectivity index (χ3v) is 6.36. The molecule has 1 N–H and O–H groups in total. The van der Waals surface area contributed by atoms with Gasteiger partial charge in [-0.1, -0.05) is 18.3 Å². The predicted octanol–water partition coefficient (Wildman–Crippen LogP) is 1.40. The molecule has 0 aromatic carbocycles. The minimum absolute atomic E-state index is 0.0408. The van der Waals surface area contributed by atoms with E-state index in [1.165, 1.54) is 0 Å². The molecule has 0 saturated carbocycles. The Labute approximate surface area is 134 Å². The monoisotopic (exact) mass is 343 g/mol. The lowest BCUT2D eigenvalue weighted by atomic mass is 10.1. The zero-order chi connectivity index (χ0) is 15.7. The molecule has 1 fully saturated rings. The average molecular weight is 343 g/mol. The minimum Gasteiger partial charge on any atom is -0.347 e. The number of rotatable bonds is 5. The highest BCUT2D eigenvalue weighted by molar-refractivity contribution is 7.89. The van der Waals surface area contributed by atoms with Crippen molar-refractivity contribution < 1.29 is 8.42 Å². The van der Waals surface area contributed by atoms with E-state index in [2.05, 4.69) is 19.7 Å². The first-order chi connectivity index (χ1) is 10.5. The van der Waals surface area contributed by atoms with Gasteiger partial charge in [0.1, 0.15) is 0 Å². The second kappa shape index (κ2) is 6.13. The SMILES string of the molecule is CCCS(=O)(=O)NC1CCN(c2nn3cc(C)nc3s2)CC1. The lowest BCUT2D eigenvalue weighted by molar-refractivity contribution is 0.459. The van der Waals surface area contributed by atoms with Crippen molar-refractivity contribution >= 4 is 31.5 Å². The Kier molecular flexibility index (Phi) is 4.37. The van der Waals surface area contributed by atoms with Crippen LogP contribution in [0.25, 0.3) is 4.96 Å². The average Bonchev–Trinajstić information content (AvgIpc) is 2.96. The zero-order valence-electron chi connectivity index (χ0n) is 12.8. The first-order valence-corrected chi connectivity index (χ1v) is 10.0. The van der Waals surface area contributed by atoms with Crippen LogP contribution in [0.3, 0.4) is 0 Å². The van der Waals surface area contributed by atoms with E-state index in [1.54, 1.807) is 11.3 Å². The van der Waals surface area contributed by atoms with Crippen molar-refractivity contribution in [1.29, 1.82) is 0 Å². The highest BCUT2D eigenvalue weighted by Crippen LogP contribution is 2.26. The quantitative estimate of drug-likeness (QED) is 0.888. The van der Waals surface area contributed by atoms with Crippen molar-refractivity contribution in [3.8, 4) is 0 Å². The number of sulfonamides is 1. The fourth-order valence-electron chi connectivity index (χ4n) is 2.70. The molecule has 122 valence electrons. The van der Waals surface area contributed by atoms with E-state index in [-0.39, 0.29) is 11.8 Å². The second-order valence-electron chi connectivity index (χ2n) is 5.69. The first-order valence-electron chi connectivity index (χ1n) is 7.54. The van der Waals surface area contributed by atoms with Gasteiger partial charge in [-0.25, -0.2) is 22.6 Å². The highest BCUT2D eigenvalue weighted by Gasteiger charge is 2.25. The largest absolute Gasteiger partial charge is 0.347 e. The molecule has 2 aromatic rings. The number of hydrogen-bond donors (Lipinski definition) is 1. The molecule has 0 spiro atoms. The van der Waals surface area contributed by atoms with Crippen LogP contribution < -0.4 is 9.62 Å². The van der Waals surface area contributed by atoms with E-state index >= 15 is 0 Å². The number of aromatic nitrogens is 3. The van der Waals surface area contributed by atoms with Gasteiger partial charge in [0.25, 0.3) is 0 Å². The van der Waals surface area contributed by atoms with E-state index in [0.717, 1.165) is 41.7 Å². The van der Waals surface area contributed by atoms with E-state index < -0.39 is 10.0 Å². The topological polar surface area (TPSA) is 79.6 Å². The van der Waals surface area contributed by atoms with E-state index in [1.807, 2.05) is 24.6 Å². The number of hydrogen-bond acceptors (Lipinski definition) is 6. The molecular formula is C13H21N5O2S2. The normalized spacial score (nSPS) is 17.5. The molecule has 22 heavy (non-hydrogen) atoms. The molecule has 1 aliphatic rings. The van der Waals surface area contributed by atoms with Crippen LogP contribution >= 0.6 is 11.3 Å². The van der Waals surface area contributed by atoms with Gasteiger partial charge in [0, 0.05) is 19.1 Å². The van der Waals surface area contributed by atoms with Gasteiger partial charge in [-0.2, -0.15) is 0 Å². The van der Waals surface area contributed by atoms with Gasteiger partial charge in [0.2, 0.25) is 20.1 Å². The molecule has 0 atom stereocenters. The van der Waals surface area contributed by atoms with Crippen LogP contribution in [-0.4, -0.2) is 47.9 Å². The van der Waals surface area contributed by atoms with Crippen molar-refractivity contribution in [3.05, 3.63) is 11.9 Å². The van der Waals surface area contributed by atoms with Gasteiger partial charge in [-0.05, 0) is 26.2 Å². The third-order valence-electron chi connectivity index (χ3n) is 3.74. The smallest absolute Gasteiger partial charge is 0.214 e. The lowest BCUT2D eigenvalue weighted by Crippen LogP contribution is -2.45. The van der Waals surface area contributed by atoms with Crippen molar-refractivity contribution in [2.75, 3.05) is 23.7 Å². The lowest BCUT2D eigenvalue weighted by Gasteiger charge is -2.31. The Hall–Kier alpha value is -1.19. The van der Waals surface area contributed by atoms with Crippen LogP contribution in [0.15, 0.2) is 6.20 Å². The molecule has 0 aliphatic carbocycles. The number of anilines is 1. The maximum Gasteiger partial charge on any atom is 0.214 e. The summed E-state index contributed by atoms with van der Waals surface area (Å²) in [5.74, 6) is 0.205. The molecule has 0 amide bonds. The minimum atomic E-state index is -3.13. The van der Waals surface area contributed by atoms with Crippen LogP contribution in [0, 0.1) is 6.92 Å². The van der Waals surface area contributed by atoms with Gasteiger partial charge in [-0.15, -0.1) is 5.10 Å². The van der Waals surface area contributed by atoms with Crippen molar-refractivity contribution in [2.24, 2.45) is 0 Å². The fraction of sp³-hybridized carbons (Fsp3) is 0.692. The van der Waals surface area contributed by atoms with Crippen LogP contribution in [0.5, 0.6) is 0 Å². The predicted molar refractivity (Wildman–Crippen MR) is 88.0 cm³/mol. The van der Waals surface area contributed by atoms with Crippen LogP contribution in [0.1, 0.15) is 31.9 Å². The van der Waals surface area contributed by atoms with Crippen molar-refractivity contribution in [3.63, 3.8) is 0 Å². The maximum atomic E-state index is 11.8. The summed E-state index contributed by atoms with van der Waals surface area (Å²) in [5, 5.41) is 5.50. The molecule has 3 heterocycles. The Morgan fingerprint density at radius 2 is 2.14 bits per heavy atom. The molecule has 0 radical (unpaired) electrons. The van der Waals surface area contributed by atoms with E-state index in [9.17, 15) is 8.42 Å². The van der Waals surface area contributed by atoms with Gasteiger partial charge in [0.15, 0.2) is 0 Å². The molecule has 3 rings (SSSR count). The van der Waals surface area contributed by atoms with Crippen molar-refractivity contribution in [2.45, 2.75) is 39.2 Å². The van der Waals surface area contributed by atoms with Gasteiger partial charge in [0.05, 0.1) is 17.6 Å². The maximum absolute atomic E-state index is 11.8. The summed E-state index contributed by atoms with van der Waals surface area (Å²) in [5.41, 5.74) is 0.967. The fourth-order valence-corrected chi connectivity index (χ4v) is 5.08. The number of imidazole rings is 1. The Bertz CT molecular complexity index is 712. The van der Waals surface area contributed by atoms with Crippen LogP contribution in [0.2, 0.25) is 0 Å². The summed E-state index contributed by atoms with van der Waals surface area (Å²) in [6.45, 7) is 5.46. The summed E-state index contributed by atoms with van der Waals surface area (Å²) in [6.07, 6.45) is 4.18. The highest BCUT2D eigenvalue weighted by atomic mass is 32.2. The Morgan fingerprint density at radius 1 is 1.41 bits per heavy atom. The van der Waals surface area contributed by atoms with Gasteiger partial charge >= 0.3 is 0 Å². The summed E-state index contributed by atoms with van der Waals surface area (Å²) < 4.78 is 28.3. The molecule has 1 saturated heterocycles. The first kappa shape index (κ1) is 15.7. The van der Waals surface area contributed by atoms with Crippen LogP contribution in [0.4, 0.5) is 5.13 Å². The summed E-state index contributed by atoms with van der Waals surface area (Å²) >= 11 is 1.58. The molecule has 1 aliphatic heterocycles. The number of nitrogens with zero attached hydrogens (tertiary/aromatic N) is 4. The molecule has 0 bridgehead atoms. The zero-order valence-corrected chi connectivity index (χ0v) is 14.5.